The number of halogens is 3. The lowest BCUT2D eigenvalue weighted by atomic mass is 10.1. The van der Waals surface area contributed by atoms with Gasteiger partial charge in [0.25, 0.3) is 0 Å². The summed E-state index contributed by atoms with van der Waals surface area (Å²) in [5.74, 6) is 0. The molecule has 0 spiro atoms. The lowest BCUT2D eigenvalue weighted by Crippen LogP contribution is -2.04. The van der Waals surface area contributed by atoms with Crippen molar-refractivity contribution in [2.24, 2.45) is 0 Å². The normalized spacial score (nSPS) is 11.5. The third-order valence-electron chi connectivity index (χ3n) is 3.54. The van der Waals surface area contributed by atoms with E-state index in [0.717, 1.165) is 40.4 Å². The van der Waals surface area contributed by atoms with E-state index in [4.69, 9.17) is 0 Å². The van der Waals surface area contributed by atoms with Crippen LogP contribution in [0.25, 0.3) is 21.8 Å². The number of hydrogen-bond donors (Lipinski definition) is 1. The summed E-state index contributed by atoms with van der Waals surface area (Å²) in [6.07, 6.45) is 3.75. The topological polar surface area (TPSA) is 37.8 Å². The molecule has 0 aliphatic carbocycles. The Morgan fingerprint density at radius 3 is 2.58 bits per heavy atom. The van der Waals surface area contributed by atoms with Crippen molar-refractivity contribution in [3.8, 4) is 21.8 Å². The predicted octanol–water partition coefficient (Wildman–Crippen LogP) is 6.40. The highest BCUT2D eigenvalue weighted by Crippen LogP contribution is 2.33. The van der Waals surface area contributed by atoms with Crippen molar-refractivity contribution < 1.29 is 13.2 Å². The summed E-state index contributed by atoms with van der Waals surface area (Å²) in [6.45, 7) is 2.11. The molecule has 0 aliphatic rings. The number of benzene rings is 1. The molecular formula is C18H16F3N3S2. The van der Waals surface area contributed by atoms with E-state index >= 15 is 0 Å². The minimum Gasteiger partial charge on any atom is -0.323 e. The minimum atomic E-state index is -4.32. The summed E-state index contributed by atoms with van der Waals surface area (Å²) in [6, 6.07) is 10.7. The third kappa shape index (κ3) is 4.98. The highest BCUT2D eigenvalue weighted by Gasteiger charge is 2.28. The van der Waals surface area contributed by atoms with Gasteiger partial charge in [0.2, 0.25) is 0 Å². The van der Waals surface area contributed by atoms with Gasteiger partial charge in [0.15, 0.2) is 0 Å². The first-order chi connectivity index (χ1) is 12.4. The first-order valence-electron chi connectivity index (χ1n) is 7.96. The summed E-state index contributed by atoms with van der Waals surface area (Å²) < 4.78 is 38.9. The van der Waals surface area contributed by atoms with Crippen molar-refractivity contribution in [1.82, 2.24) is 9.97 Å². The van der Waals surface area contributed by atoms with Gasteiger partial charge in [-0.2, -0.15) is 13.2 Å². The Morgan fingerprint density at radius 1 is 1.12 bits per heavy atom. The van der Waals surface area contributed by atoms with Crippen LogP contribution in [0.2, 0.25) is 0 Å². The minimum absolute atomic E-state index is 0.275. The van der Waals surface area contributed by atoms with E-state index in [1.54, 1.807) is 30.5 Å². The predicted molar refractivity (Wildman–Crippen MR) is 102 cm³/mol. The molecule has 2 heterocycles. The molecule has 0 radical (unpaired) electrons. The molecule has 3 aromatic rings. The second-order valence-corrected chi connectivity index (χ2v) is 7.28. The van der Waals surface area contributed by atoms with Crippen molar-refractivity contribution in [2.75, 3.05) is 4.72 Å². The van der Waals surface area contributed by atoms with Gasteiger partial charge in [-0.3, -0.25) is 4.98 Å². The SMILES string of the molecule is CCCc1cc(-c2nc(-c3ccc(NSC(F)(F)F)cc3)cs2)ccn1. The van der Waals surface area contributed by atoms with Gasteiger partial charge in [-0.15, -0.1) is 11.3 Å². The summed E-state index contributed by atoms with van der Waals surface area (Å²) in [5.41, 5.74) is -0.195. The fourth-order valence-corrected chi connectivity index (χ4v) is 3.56. The molecule has 8 heteroatoms. The Kier molecular flexibility index (Phi) is 5.83. The third-order valence-corrected chi connectivity index (χ3v) is 5.00. The summed E-state index contributed by atoms with van der Waals surface area (Å²) in [5, 5.41) is 2.84. The average Bonchev–Trinajstić information content (AvgIpc) is 3.10. The van der Waals surface area contributed by atoms with Crippen LogP contribution in [0, 0.1) is 0 Å². The van der Waals surface area contributed by atoms with E-state index < -0.39 is 5.51 Å². The molecule has 0 unspecified atom stereocenters. The van der Waals surface area contributed by atoms with Gasteiger partial charge >= 0.3 is 5.51 Å². The van der Waals surface area contributed by atoms with Crippen LogP contribution in [0.15, 0.2) is 48.0 Å². The molecule has 136 valence electrons. The van der Waals surface area contributed by atoms with Gasteiger partial charge in [0, 0.05) is 34.1 Å². The van der Waals surface area contributed by atoms with Crippen LogP contribution in [0.4, 0.5) is 18.9 Å². The molecular weight excluding hydrogens is 379 g/mol. The van der Waals surface area contributed by atoms with Crippen molar-refractivity contribution in [3.63, 3.8) is 0 Å². The Labute approximate surface area is 157 Å². The second kappa shape index (κ2) is 8.09. The molecule has 0 atom stereocenters. The van der Waals surface area contributed by atoms with Crippen LogP contribution in [0.1, 0.15) is 19.0 Å². The number of hydrogen-bond acceptors (Lipinski definition) is 5. The zero-order valence-electron chi connectivity index (χ0n) is 13.9. The molecule has 3 rings (SSSR count). The van der Waals surface area contributed by atoms with E-state index in [9.17, 15) is 13.2 Å². The van der Waals surface area contributed by atoms with Crippen LogP contribution in [-0.4, -0.2) is 15.5 Å². The van der Waals surface area contributed by atoms with Gasteiger partial charge < -0.3 is 4.72 Å². The fraction of sp³-hybridized carbons (Fsp3) is 0.222. The lowest BCUT2D eigenvalue weighted by Gasteiger charge is -2.08. The highest BCUT2D eigenvalue weighted by atomic mass is 32.2. The molecule has 0 saturated heterocycles. The number of alkyl halides is 3. The van der Waals surface area contributed by atoms with Gasteiger partial charge in [-0.25, -0.2) is 4.98 Å². The van der Waals surface area contributed by atoms with Gasteiger partial charge in [-0.1, -0.05) is 25.5 Å². The first-order valence-corrected chi connectivity index (χ1v) is 9.66. The standard InChI is InChI=1S/C18H16F3N3S2/c1-2-3-15-10-13(8-9-22-15)17-23-16(11-25-17)12-4-6-14(7-5-12)24-26-18(19,20)21/h4-11,24H,2-3H2,1H3. The molecule has 1 aromatic carbocycles. The van der Waals surface area contributed by atoms with E-state index in [1.807, 2.05) is 17.5 Å². The molecule has 1 N–H and O–H groups in total. The molecule has 26 heavy (non-hydrogen) atoms. The van der Waals surface area contributed by atoms with Crippen LogP contribution >= 0.6 is 23.3 Å². The number of thiazole rings is 1. The quantitative estimate of drug-likeness (QED) is 0.490. The first kappa shape index (κ1) is 18.7. The number of aryl methyl sites for hydroxylation is 1. The highest BCUT2D eigenvalue weighted by molar-refractivity contribution is 8.01. The smallest absolute Gasteiger partial charge is 0.323 e. The van der Waals surface area contributed by atoms with E-state index in [-0.39, 0.29) is 11.9 Å². The summed E-state index contributed by atoms with van der Waals surface area (Å²) in [4.78, 5) is 9.00. The summed E-state index contributed by atoms with van der Waals surface area (Å²) in [7, 11) is 0. The van der Waals surface area contributed by atoms with Crippen LogP contribution < -0.4 is 4.72 Å². The Bertz CT molecular complexity index is 861. The maximum Gasteiger partial charge on any atom is 0.461 e. The van der Waals surface area contributed by atoms with Crippen LogP contribution in [0.3, 0.4) is 0 Å². The molecule has 0 bridgehead atoms. The Hall–Kier alpha value is -2.06. The monoisotopic (exact) mass is 395 g/mol. The van der Waals surface area contributed by atoms with Crippen molar-refractivity contribution in [2.45, 2.75) is 25.3 Å². The van der Waals surface area contributed by atoms with Crippen molar-refractivity contribution in [1.29, 1.82) is 0 Å². The number of pyridine rings is 1. The molecule has 2 aromatic heterocycles. The number of rotatable bonds is 6. The Balaban J connectivity index is 1.74. The molecule has 0 amide bonds. The molecule has 3 nitrogen and oxygen atoms in total. The van der Waals surface area contributed by atoms with Gasteiger partial charge in [0.1, 0.15) is 5.01 Å². The number of aromatic nitrogens is 2. The maximum atomic E-state index is 12.2. The van der Waals surface area contributed by atoms with E-state index in [1.165, 1.54) is 11.3 Å². The Morgan fingerprint density at radius 2 is 1.88 bits per heavy atom. The van der Waals surface area contributed by atoms with Crippen molar-refractivity contribution >= 4 is 29.0 Å². The van der Waals surface area contributed by atoms with Crippen LogP contribution in [-0.2, 0) is 6.42 Å². The fourth-order valence-electron chi connectivity index (χ4n) is 2.37. The zero-order chi connectivity index (χ0) is 18.6. The maximum absolute atomic E-state index is 12.2. The zero-order valence-corrected chi connectivity index (χ0v) is 15.5. The van der Waals surface area contributed by atoms with Crippen LogP contribution in [0.5, 0.6) is 0 Å². The van der Waals surface area contributed by atoms with E-state index in [0.29, 0.717) is 5.69 Å². The largest absolute Gasteiger partial charge is 0.461 e. The number of nitrogens with one attached hydrogen (secondary N) is 1. The second-order valence-electron chi connectivity index (χ2n) is 5.55. The summed E-state index contributed by atoms with van der Waals surface area (Å²) >= 11 is 1.26. The molecule has 0 fully saturated rings. The molecule has 0 saturated carbocycles. The average molecular weight is 395 g/mol. The number of anilines is 1. The van der Waals surface area contributed by atoms with E-state index in [2.05, 4.69) is 21.6 Å². The van der Waals surface area contributed by atoms with Gasteiger partial charge in [0.05, 0.1) is 17.6 Å². The molecule has 0 aliphatic heterocycles. The van der Waals surface area contributed by atoms with Crippen molar-refractivity contribution in [3.05, 3.63) is 53.7 Å². The van der Waals surface area contributed by atoms with Gasteiger partial charge in [-0.05, 0) is 30.7 Å². The lowest BCUT2D eigenvalue weighted by molar-refractivity contribution is -0.0323. The number of nitrogens with zero attached hydrogens (tertiary/aromatic N) is 2.